The van der Waals surface area contributed by atoms with Gasteiger partial charge in [0.25, 0.3) is 0 Å². The quantitative estimate of drug-likeness (QED) is 0.869. The Bertz CT molecular complexity index is 926. The fourth-order valence-electron chi connectivity index (χ4n) is 4.03. The van der Waals surface area contributed by atoms with Gasteiger partial charge in [-0.05, 0) is 18.2 Å². The van der Waals surface area contributed by atoms with E-state index in [2.05, 4.69) is 0 Å². The molecule has 2 heterocycles. The van der Waals surface area contributed by atoms with E-state index in [4.69, 9.17) is 24.4 Å². The highest BCUT2D eigenvalue weighted by molar-refractivity contribution is 5.89. The van der Waals surface area contributed by atoms with Gasteiger partial charge >= 0.3 is 0 Å². The van der Waals surface area contributed by atoms with Crippen LogP contribution in [0.1, 0.15) is 25.5 Å². The second-order valence-electron chi connectivity index (χ2n) is 6.73. The number of hydrogen-bond donors (Lipinski definition) is 1. The summed E-state index contributed by atoms with van der Waals surface area (Å²) in [6, 6.07) is 10.9. The first kappa shape index (κ1) is 18.5. The van der Waals surface area contributed by atoms with Gasteiger partial charge in [0, 0.05) is 12.5 Å². The van der Waals surface area contributed by atoms with Crippen molar-refractivity contribution in [3.8, 4) is 29.7 Å². The van der Waals surface area contributed by atoms with Crippen molar-refractivity contribution in [1.82, 2.24) is 0 Å². The molecule has 0 aromatic heterocycles. The Hall–Kier alpha value is -3.28. The number of benzene rings is 1. The molecular weight excluding hydrogens is 348 g/mol. The summed E-state index contributed by atoms with van der Waals surface area (Å²) in [5, 5.41) is 38.5. The molecule has 8 nitrogen and oxygen atoms in total. The molecule has 138 valence electrons. The fraction of sp³-hybridized carbons (Fsp3) is 0.474. The molecule has 0 aliphatic carbocycles. The zero-order chi connectivity index (χ0) is 20.0. The summed E-state index contributed by atoms with van der Waals surface area (Å²) in [4.78, 5) is 0. The first-order valence-corrected chi connectivity index (χ1v) is 8.21. The lowest BCUT2D eigenvalue weighted by atomic mass is 9.54. The molecule has 2 aliphatic rings. The monoisotopic (exact) mass is 366 g/mol. The van der Waals surface area contributed by atoms with Gasteiger partial charge in [0.15, 0.2) is 5.41 Å². The first-order chi connectivity index (χ1) is 12.8. The molecule has 3 rings (SSSR count). The van der Waals surface area contributed by atoms with E-state index in [0.717, 1.165) is 0 Å². The molecule has 4 atom stereocenters. The van der Waals surface area contributed by atoms with Gasteiger partial charge < -0.3 is 18.9 Å². The predicted octanol–water partition coefficient (Wildman–Crippen LogP) is 2.68. The van der Waals surface area contributed by atoms with Crippen molar-refractivity contribution < 1.29 is 18.9 Å². The summed E-state index contributed by atoms with van der Waals surface area (Å²) in [5.74, 6) is -1.66. The van der Waals surface area contributed by atoms with Crippen molar-refractivity contribution in [3.05, 3.63) is 23.8 Å². The lowest BCUT2D eigenvalue weighted by Crippen LogP contribution is -2.57. The van der Waals surface area contributed by atoms with Crippen molar-refractivity contribution in [2.45, 2.75) is 25.7 Å². The highest BCUT2D eigenvalue weighted by atomic mass is 16.7. The largest absolute Gasteiger partial charge is 0.497 e. The van der Waals surface area contributed by atoms with Crippen molar-refractivity contribution in [2.24, 2.45) is 16.7 Å². The summed E-state index contributed by atoms with van der Waals surface area (Å²) in [6.45, 7) is 3.25. The number of rotatable bonds is 3. The molecule has 0 radical (unpaired) electrons. The summed E-state index contributed by atoms with van der Waals surface area (Å²) in [7, 11) is 2.93. The smallest absolute Gasteiger partial charge is 0.214 e. The number of nitrogens with one attached hydrogen (secondary N) is 1. The van der Waals surface area contributed by atoms with Crippen LogP contribution >= 0.6 is 0 Å². The molecule has 1 aromatic carbocycles. The van der Waals surface area contributed by atoms with Crippen LogP contribution in [0.5, 0.6) is 11.5 Å². The SMILES string of the molecule is COc1ccc(OC)c([C@@H]2O[C@@]3(C)OC(=N)[C@](C#N)([C@H]3C)C2(C#N)C#N)c1. The summed E-state index contributed by atoms with van der Waals surface area (Å²) in [6.07, 6.45) is -1.19. The summed E-state index contributed by atoms with van der Waals surface area (Å²) in [5.41, 5.74) is -3.44. The van der Waals surface area contributed by atoms with E-state index in [1.54, 1.807) is 32.0 Å². The van der Waals surface area contributed by atoms with Crippen LogP contribution in [0.25, 0.3) is 0 Å². The molecule has 2 aliphatic heterocycles. The van der Waals surface area contributed by atoms with Crippen LogP contribution in [0.2, 0.25) is 0 Å². The van der Waals surface area contributed by atoms with Crippen LogP contribution in [0.15, 0.2) is 18.2 Å². The van der Waals surface area contributed by atoms with E-state index >= 15 is 0 Å². The van der Waals surface area contributed by atoms with Crippen LogP contribution in [0.3, 0.4) is 0 Å². The second-order valence-corrected chi connectivity index (χ2v) is 6.73. The third kappa shape index (κ3) is 2.01. The zero-order valence-electron chi connectivity index (χ0n) is 15.4. The third-order valence-corrected chi connectivity index (χ3v) is 5.71. The van der Waals surface area contributed by atoms with Gasteiger partial charge in [0.1, 0.15) is 17.6 Å². The van der Waals surface area contributed by atoms with Gasteiger partial charge in [-0.1, -0.05) is 6.92 Å². The van der Waals surface area contributed by atoms with Gasteiger partial charge in [-0.25, -0.2) is 0 Å². The van der Waals surface area contributed by atoms with Crippen molar-refractivity contribution in [3.63, 3.8) is 0 Å². The van der Waals surface area contributed by atoms with Crippen LogP contribution < -0.4 is 9.47 Å². The zero-order valence-corrected chi connectivity index (χ0v) is 15.4. The number of ether oxygens (including phenoxy) is 4. The van der Waals surface area contributed by atoms with Gasteiger partial charge in [-0.15, -0.1) is 0 Å². The number of nitrogens with zero attached hydrogens (tertiary/aromatic N) is 3. The Balaban J connectivity index is 2.36. The second kappa shape index (κ2) is 5.87. The van der Waals surface area contributed by atoms with Gasteiger partial charge in [0.2, 0.25) is 17.1 Å². The van der Waals surface area contributed by atoms with E-state index in [-0.39, 0.29) is 0 Å². The fourth-order valence-corrected chi connectivity index (χ4v) is 4.03. The molecule has 2 fully saturated rings. The minimum atomic E-state index is -2.02. The molecule has 2 saturated heterocycles. The van der Waals surface area contributed by atoms with Gasteiger partial charge in [-0.2, -0.15) is 15.8 Å². The van der Waals surface area contributed by atoms with Gasteiger partial charge in [-0.3, -0.25) is 5.41 Å². The Morgan fingerprint density at radius 2 is 1.78 bits per heavy atom. The Morgan fingerprint density at radius 1 is 1.11 bits per heavy atom. The minimum Gasteiger partial charge on any atom is -0.497 e. The third-order valence-electron chi connectivity index (χ3n) is 5.71. The van der Waals surface area contributed by atoms with Crippen molar-refractivity contribution >= 4 is 5.90 Å². The van der Waals surface area contributed by atoms with Crippen LogP contribution in [0.4, 0.5) is 0 Å². The molecule has 27 heavy (non-hydrogen) atoms. The van der Waals surface area contributed by atoms with E-state index in [1.807, 2.05) is 18.2 Å². The average molecular weight is 366 g/mol. The topological polar surface area (TPSA) is 132 Å². The maximum absolute atomic E-state index is 10.1. The highest BCUT2D eigenvalue weighted by Gasteiger charge is 2.78. The van der Waals surface area contributed by atoms with Crippen molar-refractivity contribution in [2.75, 3.05) is 14.2 Å². The van der Waals surface area contributed by atoms with Gasteiger partial charge in [0.05, 0.1) is 38.3 Å². The first-order valence-electron chi connectivity index (χ1n) is 8.21. The van der Waals surface area contributed by atoms with E-state index < -0.39 is 34.5 Å². The van der Waals surface area contributed by atoms with Crippen molar-refractivity contribution in [1.29, 1.82) is 21.2 Å². The maximum Gasteiger partial charge on any atom is 0.214 e. The lowest BCUT2D eigenvalue weighted by Gasteiger charge is -2.47. The molecule has 2 bridgehead atoms. The van der Waals surface area contributed by atoms with Crippen LogP contribution in [-0.2, 0) is 9.47 Å². The average Bonchev–Trinajstić information content (AvgIpc) is 2.82. The van der Waals surface area contributed by atoms with Crippen LogP contribution in [-0.4, -0.2) is 25.9 Å². The predicted molar refractivity (Wildman–Crippen MR) is 91.5 cm³/mol. The Labute approximate surface area is 156 Å². The molecule has 1 N–H and O–H groups in total. The summed E-state index contributed by atoms with van der Waals surface area (Å²) >= 11 is 0. The molecule has 1 aromatic rings. The van der Waals surface area contributed by atoms with E-state index in [1.165, 1.54) is 14.2 Å². The maximum atomic E-state index is 10.1. The van der Waals surface area contributed by atoms with Crippen LogP contribution in [0, 0.1) is 56.2 Å². The molecular formula is C19H18N4O4. The normalized spacial score (nSPS) is 33.1. The summed E-state index contributed by atoms with van der Waals surface area (Å²) < 4.78 is 22.3. The number of methoxy groups -OCH3 is 2. The standard InChI is InChI=1S/C19H18N4O4/c1-11-17(2)26-15(13-7-12(24-3)5-6-14(13)25-4)18(8-20,9-21)19(11,10-22)16(23)27-17/h5-7,11,15,23H,1-4H3/t11-,15-,17-,19-/m0/s1. The molecule has 0 spiro atoms. The highest BCUT2D eigenvalue weighted by Crippen LogP contribution is 2.66. The van der Waals surface area contributed by atoms with E-state index in [9.17, 15) is 15.8 Å². The number of hydrogen-bond acceptors (Lipinski definition) is 8. The molecule has 0 saturated carbocycles. The Morgan fingerprint density at radius 3 is 2.30 bits per heavy atom. The number of fused-ring (bicyclic) bond motifs is 2. The Kier molecular flexibility index (Phi) is 4.03. The van der Waals surface area contributed by atoms with E-state index in [0.29, 0.717) is 17.1 Å². The molecule has 0 unspecified atom stereocenters. The minimum absolute atomic E-state index is 0.368. The number of nitriles is 3. The lowest BCUT2D eigenvalue weighted by molar-refractivity contribution is -0.269. The molecule has 8 heteroatoms. The molecule has 0 amide bonds.